The van der Waals surface area contributed by atoms with Crippen LogP contribution in [0.2, 0.25) is 0 Å². The third kappa shape index (κ3) is 3.74. The van der Waals surface area contributed by atoms with E-state index < -0.39 is 0 Å². The predicted octanol–water partition coefficient (Wildman–Crippen LogP) is 3.10. The highest BCUT2D eigenvalue weighted by atomic mass is 79.9. The number of hydrogen-bond acceptors (Lipinski definition) is 2. The van der Waals surface area contributed by atoms with Crippen LogP contribution in [0.4, 0.5) is 0 Å². The van der Waals surface area contributed by atoms with Crippen molar-refractivity contribution in [3.63, 3.8) is 0 Å². The molecule has 25 heavy (non-hydrogen) atoms. The molecule has 128 valence electrons. The maximum atomic E-state index is 12.4. The van der Waals surface area contributed by atoms with Crippen LogP contribution in [0.1, 0.15) is 20.8 Å². The fraction of sp³-hybridized carbons (Fsp3) is 0.158. The molecule has 0 radical (unpaired) electrons. The normalized spacial score (nSPS) is 10.6. The van der Waals surface area contributed by atoms with Crippen molar-refractivity contribution >= 4 is 38.6 Å². The number of carbonyl (C=O) groups excluding carboxylic acids is 2. The summed E-state index contributed by atoms with van der Waals surface area (Å²) >= 11 is 3.35. The van der Waals surface area contributed by atoms with Gasteiger partial charge in [-0.2, -0.15) is 0 Å². The molecule has 0 aliphatic heterocycles. The molecule has 0 bridgehead atoms. The molecule has 0 fully saturated rings. The van der Waals surface area contributed by atoms with E-state index in [0.717, 1.165) is 15.4 Å². The third-order valence-corrected chi connectivity index (χ3v) is 4.69. The quantitative estimate of drug-likeness (QED) is 0.647. The van der Waals surface area contributed by atoms with Gasteiger partial charge in [0.2, 0.25) is 0 Å². The zero-order valence-electron chi connectivity index (χ0n) is 13.8. The van der Waals surface area contributed by atoms with Gasteiger partial charge in [-0.05, 0) is 40.2 Å². The first-order valence-corrected chi connectivity index (χ1v) is 8.72. The Morgan fingerprint density at radius 1 is 0.960 bits per heavy atom. The van der Waals surface area contributed by atoms with Gasteiger partial charge in [-0.25, -0.2) is 0 Å². The maximum Gasteiger partial charge on any atom is 0.267 e. The molecule has 2 N–H and O–H groups in total. The molecule has 2 aromatic carbocycles. The minimum Gasteiger partial charge on any atom is -0.350 e. The van der Waals surface area contributed by atoms with E-state index in [1.54, 1.807) is 6.07 Å². The van der Waals surface area contributed by atoms with Crippen molar-refractivity contribution in [2.45, 2.75) is 0 Å². The van der Waals surface area contributed by atoms with Crippen LogP contribution < -0.4 is 10.6 Å². The Kier molecular flexibility index (Phi) is 5.19. The third-order valence-electron chi connectivity index (χ3n) is 4.00. The van der Waals surface area contributed by atoms with Gasteiger partial charge >= 0.3 is 0 Å². The monoisotopic (exact) mass is 399 g/mol. The second-order valence-corrected chi connectivity index (χ2v) is 6.49. The summed E-state index contributed by atoms with van der Waals surface area (Å²) in [6.45, 7) is 0.715. The number of nitrogens with one attached hydrogen (secondary N) is 2. The Morgan fingerprint density at radius 2 is 1.60 bits per heavy atom. The van der Waals surface area contributed by atoms with Crippen LogP contribution in [0.3, 0.4) is 0 Å². The first-order valence-electron chi connectivity index (χ1n) is 7.93. The average molecular weight is 400 g/mol. The number of aryl methyl sites for hydroxylation is 1. The van der Waals surface area contributed by atoms with Gasteiger partial charge in [-0.1, -0.05) is 30.3 Å². The summed E-state index contributed by atoms with van der Waals surface area (Å²) in [4.78, 5) is 24.4. The minimum atomic E-state index is -0.175. The van der Waals surface area contributed by atoms with Crippen molar-refractivity contribution in [1.29, 1.82) is 0 Å². The van der Waals surface area contributed by atoms with Crippen LogP contribution in [-0.2, 0) is 7.05 Å². The first-order chi connectivity index (χ1) is 12.1. The molecule has 1 heterocycles. The largest absolute Gasteiger partial charge is 0.350 e. The van der Waals surface area contributed by atoms with E-state index in [4.69, 9.17) is 0 Å². The van der Waals surface area contributed by atoms with Gasteiger partial charge in [-0.3, -0.25) is 9.59 Å². The van der Waals surface area contributed by atoms with Gasteiger partial charge in [0.15, 0.2) is 0 Å². The molecule has 2 amide bonds. The summed E-state index contributed by atoms with van der Waals surface area (Å²) in [5.41, 5.74) is 2.18. The van der Waals surface area contributed by atoms with Crippen LogP contribution in [0.5, 0.6) is 0 Å². The number of carbonyl (C=O) groups is 2. The highest BCUT2D eigenvalue weighted by Gasteiger charge is 2.13. The maximum absolute atomic E-state index is 12.4. The Balaban J connectivity index is 1.55. The van der Waals surface area contributed by atoms with Crippen molar-refractivity contribution in [2.75, 3.05) is 13.1 Å². The van der Waals surface area contributed by atoms with Gasteiger partial charge in [0, 0.05) is 35.5 Å². The second-order valence-electron chi connectivity index (χ2n) is 5.64. The Morgan fingerprint density at radius 3 is 2.32 bits per heavy atom. The molecule has 1 aromatic heterocycles. The number of amides is 2. The van der Waals surface area contributed by atoms with Crippen LogP contribution in [0, 0.1) is 0 Å². The molecule has 0 saturated heterocycles. The zero-order valence-corrected chi connectivity index (χ0v) is 15.3. The summed E-state index contributed by atoms with van der Waals surface area (Å²) in [5.74, 6) is -0.333. The highest BCUT2D eigenvalue weighted by molar-refractivity contribution is 9.10. The summed E-state index contributed by atoms with van der Waals surface area (Å²) in [7, 11) is 1.87. The van der Waals surface area contributed by atoms with Crippen molar-refractivity contribution in [2.24, 2.45) is 7.05 Å². The molecule has 5 nitrogen and oxygen atoms in total. The van der Waals surface area contributed by atoms with Gasteiger partial charge in [0.1, 0.15) is 5.69 Å². The number of rotatable bonds is 5. The summed E-state index contributed by atoms with van der Waals surface area (Å²) in [5, 5.41) is 6.66. The fourth-order valence-electron chi connectivity index (χ4n) is 2.69. The highest BCUT2D eigenvalue weighted by Crippen LogP contribution is 2.18. The molecule has 0 aliphatic carbocycles. The Labute approximate surface area is 154 Å². The molecular formula is C19H18BrN3O2. The topological polar surface area (TPSA) is 63.1 Å². The van der Waals surface area contributed by atoms with Gasteiger partial charge in [-0.15, -0.1) is 0 Å². The number of para-hydroxylation sites is 1. The van der Waals surface area contributed by atoms with Crippen molar-refractivity contribution in [3.8, 4) is 0 Å². The lowest BCUT2D eigenvalue weighted by atomic mass is 10.2. The molecule has 3 aromatic rings. The van der Waals surface area contributed by atoms with Crippen LogP contribution in [0.25, 0.3) is 10.9 Å². The van der Waals surface area contributed by atoms with Crippen molar-refractivity contribution in [1.82, 2.24) is 15.2 Å². The lowest BCUT2D eigenvalue weighted by molar-refractivity contribution is 0.0923. The van der Waals surface area contributed by atoms with Gasteiger partial charge in [0.05, 0.1) is 5.56 Å². The summed E-state index contributed by atoms with van der Waals surface area (Å²) < 4.78 is 2.61. The lowest BCUT2D eigenvalue weighted by Crippen LogP contribution is -2.35. The molecular weight excluding hydrogens is 382 g/mol. The molecule has 0 atom stereocenters. The van der Waals surface area contributed by atoms with Crippen LogP contribution in [-0.4, -0.2) is 29.5 Å². The minimum absolute atomic E-state index is 0.158. The number of halogens is 1. The number of nitrogens with zero attached hydrogens (tertiary/aromatic N) is 1. The van der Waals surface area contributed by atoms with E-state index in [2.05, 4.69) is 26.6 Å². The molecule has 3 rings (SSSR count). The first kappa shape index (κ1) is 17.2. The number of benzene rings is 2. The average Bonchev–Trinajstić information content (AvgIpc) is 2.96. The molecule has 0 aliphatic rings. The van der Waals surface area contributed by atoms with E-state index in [-0.39, 0.29) is 11.8 Å². The van der Waals surface area contributed by atoms with E-state index in [9.17, 15) is 9.59 Å². The molecule has 0 unspecified atom stereocenters. The van der Waals surface area contributed by atoms with Gasteiger partial charge < -0.3 is 15.2 Å². The SMILES string of the molecule is Cn1c(C(=O)NCCNC(=O)c2ccccc2Br)cc2ccccc21. The predicted molar refractivity (Wildman–Crippen MR) is 102 cm³/mol. The molecule has 0 spiro atoms. The number of fused-ring (bicyclic) bond motifs is 1. The van der Waals surface area contributed by atoms with Crippen molar-refractivity contribution < 1.29 is 9.59 Å². The van der Waals surface area contributed by atoms with E-state index in [1.807, 2.05) is 60.1 Å². The fourth-order valence-corrected chi connectivity index (χ4v) is 3.15. The molecule has 6 heteroatoms. The van der Waals surface area contributed by atoms with E-state index in [1.165, 1.54) is 0 Å². The number of hydrogen-bond donors (Lipinski definition) is 2. The van der Waals surface area contributed by atoms with Gasteiger partial charge in [0.25, 0.3) is 11.8 Å². The standard InChI is InChI=1S/C19H18BrN3O2/c1-23-16-9-5-2-6-13(16)12-17(23)19(25)22-11-10-21-18(24)14-7-3-4-8-15(14)20/h2-9,12H,10-11H2,1H3,(H,21,24)(H,22,25). The van der Waals surface area contributed by atoms with E-state index >= 15 is 0 Å². The molecule has 0 saturated carbocycles. The zero-order chi connectivity index (χ0) is 17.8. The Hall–Kier alpha value is -2.60. The number of aromatic nitrogens is 1. The Bertz CT molecular complexity index is 933. The van der Waals surface area contributed by atoms with Crippen LogP contribution >= 0.6 is 15.9 Å². The lowest BCUT2D eigenvalue weighted by Gasteiger charge is -2.09. The summed E-state index contributed by atoms with van der Waals surface area (Å²) in [6.07, 6.45) is 0. The summed E-state index contributed by atoms with van der Waals surface area (Å²) in [6, 6.07) is 16.9. The van der Waals surface area contributed by atoms with Crippen molar-refractivity contribution in [3.05, 3.63) is 70.3 Å². The van der Waals surface area contributed by atoms with E-state index in [0.29, 0.717) is 24.3 Å². The second kappa shape index (κ2) is 7.53. The van der Waals surface area contributed by atoms with Crippen LogP contribution in [0.15, 0.2) is 59.1 Å². The smallest absolute Gasteiger partial charge is 0.267 e.